The number of rotatable bonds is 8. The van der Waals surface area contributed by atoms with Crippen molar-refractivity contribution in [3.63, 3.8) is 0 Å². The van der Waals surface area contributed by atoms with Gasteiger partial charge in [0.1, 0.15) is 0 Å². The van der Waals surface area contributed by atoms with Gasteiger partial charge in [0.05, 0.1) is 60.8 Å². The Morgan fingerprint density at radius 2 is 0.910 bits per heavy atom. The number of nitrogens with zero attached hydrogens (tertiary/aromatic N) is 5. The minimum absolute atomic E-state index is 0. The number of halogens is 6. The largest absolute Gasteiger partial charge is 2.00 e. The van der Waals surface area contributed by atoms with Crippen LogP contribution in [-0.2, 0) is 50.8 Å². The van der Waals surface area contributed by atoms with Crippen molar-refractivity contribution in [1.29, 1.82) is 0 Å². The molecule has 5 aromatic heterocycles. The summed E-state index contributed by atoms with van der Waals surface area (Å²) in [5, 5.41) is 0. The minimum Gasteiger partial charge on any atom is -0.295 e. The van der Waals surface area contributed by atoms with Gasteiger partial charge in [-0.05, 0) is 48.5 Å². The molecular formula is C47H36F6FeN5O6PRu. The number of benzene rings is 1. The van der Waals surface area contributed by atoms with E-state index in [0.29, 0.717) is 22.8 Å². The molecule has 0 bridgehead atoms. The molecular weight excluding hydrogens is 1030 g/mol. The topological polar surface area (TPSA) is 143 Å². The standard InChI is InChI=1S/C21H17N3O6.C21H14N2.C5H5.F6P.Fe.Ru/c1-28-19(25)12-4-6-22-15(8-12)17-10-14(21(27)30-3)11-18(24-17)16-9-13(5-7-23-16)20(26)29-2;1-2-8-16(7-1)17-13-18(20-9-3-5-11-22-20)15-19(14-17)21-10-4-6-12-23-21;1-2-4-5-3-1;1-7(2,3,4,5)6;;/h4-11H,1-3H3;1-14H;1-5H;;;/q;-2;2*-1;2*+2. The van der Waals surface area contributed by atoms with E-state index in [9.17, 15) is 39.6 Å². The van der Waals surface area contributed by atoms with Crippen molar-refractivity contribution in [3.05, 3.63) is 187 Å². The van der Waals surface area contributed by atoms with Crippen molar-refractivity contribution >= 4 is 25.7 Å². The molecule has 0 N–H and O–H groups in total. The minimum atomic E-state index is -10.7. The first-order valence-electron chi connectivity index (χ1n) is 18.9. The Morgan fingerprint density at radius 1 is 0.522 bits per heavy atom. The summed E-state index contributed by atoms with van der Waals surface area (Å²) in [4.78, 5) is 57.7. The smallest absolute Gasteiger partial charge is 0.295 e. The first kappa shape index (κ1) is 54.6. The van der Waals surface area contributed by atoms with Gasteiger partial charge >= 0.3 is 87.4 Å². The number of carbonyl (C=O) groups is 3. The van der Waals surface area contributed by atoms with Crippen LogP contribution in [0.15, 0.2) is 164 Å². The van der Waals surface area contributed by atoms with Crippen molar-refractivity contribution in [2.75, 3.05) is 21.3 Å². The summed E-state index contributed by atoms with van der Waals surface area (Å²) in [6.45, 7) is 0. The van der Waals surface area contributed by atoms with Crippen LogP contribution in [0.4, 0.5) is 25.2 Å². The Kier molecular flexibility index (Phi) is 19.2. The molecule has 8 aromatic rings. The van der Waals surface area contributed by atoms with E-state index in [2.05, 4.69) is 55.3 Å². The quantitative estimate of drug-likeness (QED) is 0.0358. The second kappa shape index (κ2) is 23.6. The Morgan fingerprint density at radius 3 is 1.27 bits per heavy atom. The number of hydrogen-bond acceptors (Lipinski definition) is 11. The molecule has 20 heteroatoms. The fourth-order valence-corrected chi connectivity index (χ4v) is 5.60. The summed E-state index contributed by atoms with van der Waals surface area (Å²) < 4.78 is 73.5. The summed E-state index contributed by atoms with van der Waals surface area (Å²) in [7, 11) is -6.85. The number of ether oxygens (including phenoxy) is 3. The van der Waals surface area contributed by atoms with Crippen LogP contribution < -0.4 is 0 Å². The Balaban J connectivity index is 0.000000282. The maximum absolute atomic E-state index is 12.2. The zero-order chi connectivity index (χ0) is 47.1. The van der Waals surface area contributed by atoms with Crippen molar-refractivity contribution in [3.8, 4) is 56.4 Å². The SMILES string of the molecule is COC(=O)c1ccnc(-c2cc(C(=O)OC)cc(-c3cc(C(=O)OC)ccn3)n2)c1.F[P-](F)(F)(F)(F)F.[Fe+2].[Ru+2].[c-]1c(-c2ccccn2)cc(-[c-]2cccc2)cc1-c1ccccn1.c1cc[cH-]c1. The molecule has 0 amide bonds. The molecule has 0 aliphatic carbocycles. The van der Waals surface area contributed by atoms with E-state index in [1.54, 1.807) is 12.4 Å². The molecule has 0 saturated heterocycles. The molecule has 0 atom stereocenters. The molecule has 8 rings (SSSR count). The molecule has 0 fully saturated rings. The average Bonchev–Trinajstić information content (AvgIpc) is 4.10. The van der Waals surface area contributed by atoms with Gasteiger partial charge in [-0.2, -0.15) is 30.3 Å². The molecule has 0 spiro atoms. The number of hydrogen-bond donors (Lipinski definition) is 0. The fraction of sp³-hybridized carbons (Fsp3) is 0.0638. The molecule has 11 nitrogen and oxygen atoms in total. The third kappa shape index (κ3) is 18.2. The maximum Gasteiger partial charge on any atom is 2.00 e. The van der Waals surface area contributed by atoms with Crippen molar-refractivity contribution in [2.24, 2.45) is 0 Å². The molecule has 0 radical (unpaired) electrons. The fourth-order valence-electron chi connectivity index (χ4n) is 5.60. The van der Waals surface area contributed by atoms with Crippen LogP contribution in [0.25, 0.3) is 56.4 Å². The second-order valence-corrected chi connectivity index (χ2v) is 15.1. The normalized spacial score (nSPS) is 11.2. The van der Waals surface area contributed by atoms with E-state index in [-0.39, 0.29) is 53.2 Å². The first-order chi connectivity index (χ1) is 30.8. The Hall–Kier alpha value is -6.77. The molecule has 348 valence electrons. The van der Waals surface area contributed by atoms with E-state index in [1.165, 1.54) is 75.7 Å². The predicted octanol–water partition coefficient (Wildman–Crippen LogP) is 12.3. The van der Waals surface area contributed by atoms with Gasteiger partial charge in [0.25, 0.3) is 0 Å². The van der Waals surface area contributed by atoms with Crippen molar-refractivity contribution in [1.82, 2.24) is 24.9 Å². The maximum atomic E-state index is 12.2. The van der Waals surface area contributed by atoms with Crippen molar-refractivity contribution in [2.45, 2.75) is 0 Å². The third-order valence-corrected chi connectivity index (χ3v) is 8.44. The number of methoxy groups -OCH3 is 3. The number of carbonyl (C=O) groups excluding carboxylic acids is 3. The number of pyridine rings is 5. The van der Waals surface area contributed by atoms with Crippen LogP contribution in [0.5, 0.6) is 0 Å². The molecule has 0 aliphatic rings. The van der Waals surface area contributed by atoms with E-state index < -0.39 is 25.7 Å². The summed E-state index contributed by atoms with van der Waals surface area (Å²) in [6, 6.07) is 46.8. The Labute approximate surface area is 403 Å². The van der Waals surface area contributed by atoms with Gasteiger partial charge in [-0.3, -0.25) is 19.9 Å². The second-order valence-electron chi connectivity index (χ2n) is 13.2. The van der Waals surface area contributed by atoms with Crippen molar-refractivity contribution < 1.29 is 90.3 Å². The molecule has 3 aromatic carbocycles. The summed E-state index contributed by atoms with van der Waals surface area (Å²) in [5.74, 6) is -1.65. The first-order valence-corrected chi connectivity index (χ1v) is 20.9. The summed E-state index contributed by atoms with van der Waals surface area (Å²) in [6.07, 6.45) is 6.48. The van der Waals surface area contributed by atoms with Crippen LogP contribution in [0.3, 0.4) is 0 Å². The van der Waals surface area contributed by atoms with E-state index in [1.807, 2.05) is 78.9 Å². The third-order valence-electron chi connectivity index (χ3n) is 8.44. The molecule has 0 aliphatic heterocycles. The molecule has 0 saturated carbocycles. The average molecular weight is 1070 g/mol. The van der Waals surface area contributed by atoms with Crippen LogP contribution in [0, 0.1) is 6.07 Å². The van der Waals surface area contributed by atoms with Gasteiger partial charge in [0.2, 0.25) is 0 Å². The Bertz CT molecular complexity index is 2690. The monoisotopic (exact) mass is 1070 g/mol. The number of aromatic nitrogens is 5. The zero-order valence-corrected chi connectivity index (χ0v) is 38.9. The summed E-state index contributed by atoms with van der Waals surface area (Å²) >= 11 is 0. The molecule has 67 heavy (non-hydrogen) atoms. The van der Waals surface area contributed by atoms with Crippen LogP contribution in [0.1, 0.15) is 31.1 Å². The van der Waals surface area contributed by atoms with Gasteiger partial charge < -0.3 is 14.2 Å². The van der Waals surface area contributed by atoms with Crippen LogP contribution in [0.2, 0.25) is 0 Å². The van der Waals surface area contributed by atoms with Gasteiger partial charge in [0, 0.05) is 36.2 Å². The van der Waals surface area contributed by atoms with Crippen LogP contribution in [-0.4, -0.2) is 64.2 Å². The van der Waals surface area contributed by atoms with Gasteiger partial charge in [-0.1, -0.05) is 41.0 Å². The van der Waals surface area contributed by atoms with Gasteiger partial charge in [-0.25, -0.2) is 31.5 Å². The summed E-state index contributed by atoms with van der Waals surface area (Å²) in [5.41, 5.74) is 8.18. The molecule has 5 heterocycles. The van der Waals surface area contributed by atoms with Crippen LogP contribution >= 0.6 is 7.81 Å². The van der Waals surface area contributed by atoms with Gasteiger partial charge in [0.15, 0.2) is 0 Å². The van der Waals surface area contributed by atoms with E-state index in [0.717, 1.165) is 28.1 Å². The van der Waals surface area contributed by atoms with E-state index in [4.69, 9.17) is 14.2 Å². The molecule has 0 unspecified atom stereocenters. The van der Waals surface area contributed by atoms with Gasteiger partial charge in [-0.15, -0.1) is 35.9 Å². The number of esters is 3. The zero-order valence-electron chi connectivity index (χ0n) is 35.2. The predicted molar refractivity (Wildman–Crippen MR) is 233 cm³/mol. The van der Waals surface area contributed by atoms with E-state index >= 15 is 0 Å².